The highest BCUT2D eigenvalue weighted by molar-refractivity contribution is 6.01. The molecule has 1 heterocycles. The Bertz CT molecular complexity index is 1070. The number of ether oxygens (including phenoxy) is 3. The Morgan fingerprint density at radius 1 is 1.31 bits per heavy atom. The molecule has 5 rings (SSSR count). The third-order valence-corrected chi connectivity index (χ3v) is 10.6. The number of fused-ring (bicyclic) bond motifs is 7. The van der Waals surface area contributed by atoms with Crippen LogP contribution in [-0.4, -0.2) is 85.6 Å². The molecule has 0 aromatic rings. The summed E-state index contributed by atoms with van der Waals surface area (Å²) in [6.07, 6.45) is 7.32. The lowest BCUT2D eigenvalue weighted by molar-refractivity contribution is -0.200. The molecule has 3 saturated carbocycles. The SMILES string of the molecule is CCCC1O[C@H]2C[C@H]3[C@@H]4CCC5=CC(=O)C=C[C@]5(C)C4[C@@H](O)C[C@]3(C)[C@]2(C(=O)COC(=O)N(C)CCNC)O1. The Balaban J connectivity index is 1.44. The van der Waals surface area contributed by atoms with Crippen molar-refractivity contribution in [2.45, 2.75) is 83.4 Å². The van der Waals surface area contributed by atoms with E-state index >= 15 is 0 Å². The van der Waals surface area contributed by atoms with Crippen LogP contribution in [0.25, 0.3) is 0 Å². The van der Waals surface area contributed by atoms with Gasteiger partial charge in [-0.1, -0.05) is 38.8 Å². The van der Waals surface area contributed by atoms with E-state index in [1.54, 1.807) is 26.2 Å². The monoisotopic (exact) mass is 544 g/mol. The van der Waals surface area contributed by atoms with Gasteiger partial charge in [0.1, 0.15) is 0 Å². The van der Waals surface area contributed by atoms with Crippen LogP contribution in [0.5, 0.6) is 0 Å². The number of Topliss-reactive ketones (excluding diaryl/α,β-unsaturated/α-hetero) is 1. The zero-order chi connectivity index (χ0) is 28.2. The molecular formula is C30H44N2O7. The highest BCUT2D eigenvalue weighted by Crippen LogP contribution is 2.69. The van der Waals surface area contributed by atoms with E-state index in [9.17, 15) is 19.5 Å². The summed E-state index contributed by atoms with van der Waals surface area (Å²) in [5, 5.41) is 14.8. The number of nitrogens with zero attached hydrogens (tertiary/aromatic N) is 1. The lowest BCUT2D eigenvalue weighted by atomic mass is 9.46. The Hall–Kier alpha value is -2.07. The number of carbonyl (C=O) groups excluding carboxylic acids is 3. The first-order valence-electron chi connectivity index (χ1n) is 14.5. The number of nitrogens with one attached hydrogen (secondary N) is 1. The lowest BCUT2D eigenvalue weighted by Crippen LogP contribution is -2.63. The summed E-state index contributed by atoms with van der Waals surface area (Å²) in [6.45, 7) is 6.93. The van der Waals surface area contributed by atoms with E-state index in [1.807, 2.05) is 13.0 Å². The van der Waals surface area contributed by atoms with Gasteiger partial charge in [0.15, 0.2) is 24.3 Å². The normalized spacial score (nSPS) is 42.2. The predicted molar refractivity (Wildman–Crippen MR) is 144 cm³/mol. The first-order valence-corrected chi connectivity index (χ1v) is 14.5. The number of carbonyl (C=O) groups is 3. The molecule has 0 spiro atoms. The quantitative estimate of drug-likeness (QED) is 0.479. The molecule has 0 radical (unpaired) electrons. The molecule has 9 heteroatoms. The van der Waals surface area contributed by atoms with Crippen LogP contribution in [0.3, 0.4) is 0 Å². The molecule has 0 aromatic heterocycles. The molecular weight excluding hydrogens is 500 g/mol. The molecule has 0 bridgehead atoms. The fraction of sp³-hybridized carbons (Fsp3) is 0.767. The number of hydrogen-bond donors (Lipinski definition) is 2. The summed E-state index contributed by atoms with van der Waals surface area (Å²) in [6, 6.07) is 0. The van der Waals surface area contributed by atoms with E-state index in [4.69, 9.17) is 14.2 Å². The minimum Gasteiger partial charge on any atom is -0.441 e. The smallest absolute Gasteiger partial charge is 0.409 e. The largest absolute Gasteiger partial charge is 0.441 e. The molecule has 216 valence electrons. The van der Waals surface area contributed by atoms with Gasteiger partial charge in [-0.3, -0.25) is 9.59 Å². The molecule has 2 unspecified atom stereocenters. The second-order valence-electron chi connectivity index (χ2n) is 12.6. The van der Waals surface area contributed by atoms with E-state index in [-0.39, 0.29) is 29.3 Å². The number of rotatable bonds is 8. The molecule has 4 aliphatic carbocycles. The van der Waals surface area contributed by atoms with E-state index < -0.39 is 47.6 Å². The minimum absolute atomic E-state index is 0.00549. The van der Waals surface area contributed by atoms with Crippen molar-refractivity contribution in [3.63, 3.8) is 0 Å². The summed E-state index contributed by atoms with van der Waals surface area (Å²) in [5.41, 5.74) is -1.28. The second-order valence-corrected chi connectivity index (χ2v) is 12.6. The van der Waals surface area contributed by atoms with Crippen molar-refractivity contribution in [1.82, 2.24) is 10.2 Å². The molecule has 1 amide bonds. The highest BCUT2D eigenvalue weighted by Gasteiger charge is 2.75. The standard InChI is InChI=1S/C30H44N2O7/c1-6-7-25-38-24-15-21-20-9-8-18-14-19(33)10-11-28(18,2)26(20)22(34)16-29(21,3)30(24,39-25)23(35)17-37-27(36)32(5)13-12-31-4/h10-11,14,20-22,24-26,31,34H,6-9,12-13,15-17H2,1-5H3/t20-,21-,22-,24-,25?,26?,28-,29-,30+/m0/s1. The van der Waals surface area contributed by atoms with Gasteiger partial charge in [0, 0.05) is 36.9 Å². The van der Waals surface area contributed by atoms with Crippen LogP contribution < -0.4 is 5.32 Å². The van der Waals surface area contributed by atoms with Gasteiger partial charge < -0.3 is 29.5 Å². The number of ketones is 2. The van der Waals surface area contributed by atoms with Crippen molar-refractivity contribution < 1.29 is 33.7 Å². The van der Waals surface area contributed by atoms with Crippen molar-refractivity contribution in [1.29, 1.82) is 0 Å². The van der Waals surface area contributed by atoms with Crippen molar-refractivity contribution >= 4 is 17.7 Å². The zero-order valence-electron chi connectivity index (χ0n) is 23.9. The Kier molecular flexibility index (Phi) is 7.59. The maximum absolute atomic E-state index is 14.1. The van der Waals surface area contributed by atoms with Gasteiger partial charge in [-0.25, -0.2) is 4.79 Å². The maximum Gasteiger partial charge on any atom is 0.409 e. The van der Waals surface area contributed by atoms with Gasteiger partial charge in [0.2, 0.25) is 5.78 Å². The summed E-state index contributed by atoms with van der Waals surface area (Å²) in [4.78, 5) is 40.3. The van der Waals surface area contributed by atoms with E-state index in [2.05, 4.69) is 19.2 Å². The molecule has 39 heavy (non-hydrogen) atoms. The van der Waals surface area contributed by atoms with Crippen LogP contribution in [-0.2, 0) is 23.8 Å². The van der Waals surface area contributed by atoms with E-state index in [0.29, 0.717) is 32.4 Å². The third-order valence-electron chi connectivity index (χ3n) is 10.6. The molecule has 9 nitrogen and oxygen atoms in total. The zero-order valence-corrected chi connectivity index (χ0v) is 23.9. The van der Waals surface area contributed by atoms with Gasteiger partial charge in [-0.05, 0) is 63.1 Å². The van der Waals surface area contributed by atoms with Crippen LogP contribution in [0.1, 0.15) is 59.3 Å². The highest BCUT2D eigenvalue weighted by atomic mass is 16.7. The van der Waals surface area contributed by atoms with Crippen LogP contribution in [0.4, 0.5) is 4.79 Å². The first-order chi connectivity index (χ1) is 18.5. The molecule has 9 atom stereocenters. The van der Waals surface area contributed by atoms with E-state index in [0.717, 1.165) is 24.8 Å². The molecule has 4 fully saturated rings. The van der Waals surface area contributed by atoms with Gasteiger partial charge in [0.05, 0.1) is 12.2 Å². The predicted octanol–water partition coefficient (Wildman–Crippen LogP) is 3.01. The average molecular weight is 545 g/mol. The number of likely N-dealkylation sites (N-methyl/N-ethyl adjacent to an activating group) is 2. The van der Waals surface area contributed by atoms with E-state index in [1.165, 1.54) is 4.90 Å². The summed E-state index contributed by atoms with van der Waals surface area (Å²) in [5.74, 6) is -0.119. The molecule has 1 saturated heterocycles. The summed E-state index contributed by atoms with van der Waals surface area (Å²) >= 11 is 0. The van der Waals surface area contributed by atoms with Gasteiger partial charge in [-0.2, -0.15) is 0 Å². The molecule has 0 aromatic carbocycles. The topological polar surface area (TPSA) is 114 Å². The van der Waals surface area contributed by atoms with Gasteiger partial charge in [0.25, 0.3) is 0 Å². The number of aliphatic hydroxyl groups is 1. The minimum atomic E-state index is -1.29. The number of hydrogen-bond acceptors (Lipinski definition) is 8. The lowest BCUT2D eigenvalue weighted by Gasteiger charge is -2.59. The third kappa shape index (κ3) is 4.31. The molecule has 2 N–H and O–H groups in total. The fourth-order valence-corrected chi connectivity index (χ4v) is 8.72. The Morgan fingerprint density at radius 2 is 2.08 bits per heavy atom. The van der Waals surface area contributed by atoms with Crippen LogP contribution in [0.15, 0.2) is 23.8 Å². The number of amides is 1. The van der Waals surface area contributed by atoms with Crippen molar-refractivity contribution in [2.24, 2.45) is 28.6 Å². The van der Waals surface area contributed by atoms with Crippen LogP contribution >= 0.6 is 0 Å². The first kappa shape index (κ1) is 28.5. The Labute approximate surface area is 231 Å². The number of allylic oxidation sites excluding steroid dienone is 4. The number of aliphatic hydroxyl groups excluding tert-OH is 1. The van der Waals surface area contributed by atoms with Crippen molar-refractivity contribution in [3.8, 4) is 0 Å². The summed E-state index contributed by atoms with van der Waals surface area (Å²) in [7, 11) is 3.45. The van der Waals surface area contributed by atoms with Crippen molar-refractivity contribution in [3.05, 3.63) is 23.8 Å². The van der Waals surface area contributed by atoms with Crippen LogP contribution in [0, 0.1) is 28.6 Å². The fourth-order valence-electron chi connectivity index (χ4n) is 8.72. The Morgan fingerprint density at radius 3 is 2.79 bits per heavy atom. The van der Waals surface area contributed by atoms with Gasteiger partial charge in [-0.15, -0.1) is 0 Å². The summed E-state index contributed by atoms with van der Waals surface area (Å²) < 4.78 is 18.5. The molecule has 5 aliphatic rings. The molecule has 1 aliphatic heterocycles. The van der Waals surface area contributed by atoms with Gasteiger partial charge >= 0.3 is 6.09 Å². The van der Waals surface area contributed by atoms with Crippen LogP contribution in [0.2, 0.25) is 0 Å². The second kappa shape index (κ2) is 10.4. The van der Waals surface area contributed by atoms with Crippen molar-refractivity contribution in [2.75, 3.05) is 33.8 Å². The maximum atomic E-state index is 14.1. The average Bonchev–Trinajstić information content (AvgIpc) is 3.38.